The molecule has 0 aliphatic heterocycles. The zero-order valence-corrected chi connectivity index (χ0v) is 11.3. The Morgan fingerprint density at radius 3 is 2.89 bits per heavy atom. The van der Waals surface area contributed by atoms with Gasteiger partial charge >= 0.3 is 0 Å². The first-order valence-corrected chi connectivity index (χ1v) is 6.70. The van der Waals surface area contributed by atoms with Crippen molar-refractivity contribution >= 4 is 23.1 Å². The first-order valence-electron chi connectivity index (χ1n) is 6.29. The Hall–Kier alpha value is -1.36. The number of nitrogens with zero attached hydrogens (tertiary/aromatic N) is 1. The van der Waals surface area contributed by atoms with Gasteiger partial charge in [0.2, 0.25) is 0 Å². The van der Waals surface area contributed by atoms with Crippen molar-refractivity contribution in [2.75, 3.05) is 6.54 Å². The lowest BCUT2D eigenvalue weighted by Gasteiger charge is -2.22. The van der Waals surface area contributed by atoms with Gasteiger partial charge < -0.3 is 15.1 Å². The lowest BCUT2D eigenvalue weighted by Crippen LogP contribution is -2.35. The summed E-state index contributed by atoms with van der Waals surface area (Å²) < 4.78 is 5.31. The normalized spacial score (nSPS) is 14.5. The molecule has 0 aromatic carbocycles. The topological polar surface area (TPSA) is 59.5 Å². The summed E-state index contributed by atoms with van der Waals surface area (Å²) in [5, 5.41) is 0. The van der Waals surface area contributed by atoms with E-state index in [1.807, 2.05) is 11.8 Å². The zero-order valence-electron chi connectivity index (χ0n) is 10.5. The molecule has 0 bridgehead atoms. The summed E-state index contributed by atoms with van der Waals surface area (Å²) in [4.78, 5) is 14.8. The SMILES string of the molecule is CCc1occc1C(=O)N(CCC(N)=S)C1CC1. The van der Waals surface area contributed by atoms with Crippen LogP contribution in [0.1, 0.15) is 42.3 Å². The number of aryl methyl sites for hydroxylation is 1. The molecule has 4 nitrogen and oxygen atoms in total. The maximum atomic E-state index is 12.5. The van der Waals surface area contributed by atoms with Crippen LogP contribution in [0.3, 0.4) is 0 Å². The Labute approximate surface area is 112 Å². The number of carbonyl (C=O) groups is 1. The van der Waals surface area contributed by atoms with Crippen LogP contribution in [-0.2, 0) is 6.42 Å². The van der Waals surface area contributed by atoms with E-state index in [2.05, 4.69) is 0 Å². The summed E-state index contributed by atoms with van der Waals surface area (Å²) in [7, 11) is 0. The molecule has 18 heavy (non-hydrogen) atoms. The van der Waals surface area contributed by atoms with E-state index in [1.54, 1.807) is 12.3 Å². The van der Waals surface area contributed by atoms with Crippen molar-refractivity contribution in [2.24, 2.45) is 5.73 Å². The smallest absolute Gasteiger partial charge is 0.257 e. The van der Waals surface area contributed by atoms with Gasteiger partial charge in [0.15, 0.2) is 0 Å². The highest BCUT2D eigenvalue weighted by atomic mass is 32.1. The molecule has 0 radical (unpaired) electrons. The Morgan fingerprint density at radius 2 is 2.33 bits per heavy atom. The van der Waals surface area contributed by atoms with E-state index in [1.165, 1.54) is 0 Å². The van der Waals surface area contributed by atoms with Crippen molar-refractivity contribution in [2.45, 2.75) is 38.6 Å². The second kappa shape index (κ2) is 5.52. The Balaban J connectivity index is 2.10. The highest BCUT2D eigenvalue weighted by Crippen LogP contribution is 2.29. The molecule has 1 aliphatic rings. The molecule has 1 amide bonds. The van der Waals surface area contributed by atoms with E-state index >= 15 is 0 Å². The Kier molecular flexibility index (Phi) is 4.01. The molecule has 0 spiro atoms. The van der Waals surface area contributed by atoms with Crippen LogP contribution in [0.25, 0.3) is 0 Å². The fourth-order valence-corrected chi connectivity index (χ4v) is 2.12. The minimum Gasteiger partial charge on any atom is -0.469 e. The van der Waals surface area contributed by atoms with Gasteiger partial charge in [-0.2, -0.15) is 0 Å². The molecule has 0 saturated heterocycles. The van der Waals surface area contributed by atoms with Crippen LogP contribution in [0.5, 0.6) is 0 Å². The minimum atomic E-state index is 0.0411. The molecule has 5 heteroatoms. The molecule has 1 heterocycles. The molecule has 2 rings (SSSR count). The van der Waals surface area contributed by atoms with E-state index in [-0.39, 0.29) is 5.91 Å². The van der Waals surface area contributed by atoms with Crippen molar-refractivity contribution in [3.05, 3.63) is 23.7 Å². The Morgan fingerprint density at radius 1 is 1.61 bits per heavy atom. The maximum absolute atomic E-state index is 12.5. The molecule has 0 unspecified atom stereocenters. The monoisotopic (exact) mass is 266 g/mol. The average Bonchev–Trinajstić information content (AvgIpc) is 3.06. The molecule has 0 atom stereocenters. The predicted molar refractivity (Wildman–Crippen MR) is 73.5 cm³/mol. The molecule has 1 aliphatic carbocycles. The minimum absolute atomic E-state index is 0.0411. The van der Waals surface area contributed by atoms with Crippen molar-refractivity contribution in [3.63, 3.8) is 0 Å². The molecule has 1 aromatic heterocycles. The Bertz CT molecular complexity index is 452. The first-order chi connectivity index (χ1) is 8.63. The van der Waals surface area contributed by atoms with E-state index in [9.17, 15) is 4.79 Å². The van der Waals surface area contributed by atoms with Gasteiger partial charge in [0.05, 0.1) is 16.8 Å². The van der Waals surface area contributed by atoms with Gasteiger partial charge in [-0.05, 0) is 18.9 Å². The molecular formula is C13H18N2O2S. The molecule has 98 valence electrons. The van der Waals surface area contributed by atoms with Crippen LogP contribution in [0, 0.1) is 0 Å². The van der Waals surface area contributed by atoms with Crippen LogP contribution in [-0.4, -0.2) is 28.4 Å². The first kappa shape index (κ1) is 13.1. The quantitative estimate of drug-likeness (QED) is 0.801. The summed E-state index contributed by atoms with van der Waals surface area (Å²) in [5.74, 6) is 0.792. The molecule has 1 fully saturated rings. The van der Waals surface area contributed by atoms with Gasteiger partial charge in [0.25, 0.3) is 5.91 Å². The third kappa shape index (κ3) is 2.90. The lowest BCUT2D eigenvalue weighted by molar-refractivity contribution is 0.0746. The number of thiocarbonyl (C=S) groups is 1. The van der Waals surface area contributed by atoms with E-state index in [4.69, 9.17) is 22.4 Å². The second-order valence-corrected chi connectivity index (χ2v) is 5.08. The van der Waals surface area contributed by atoms with E-state index in [0.717, 1.165) is 25.0 Å². The van der Waals surface area contributed by atoms with Crippen LogP contribution in [0.2, 0.25) is 0 Å². The number of hydrogen-bond donors (Lipinski definition) is 1. The maximum Gasteiger partial charge on any atom is 0.257 e. The molecule has 1 saturated carbocycles. The number of carbonyl (C=O) groups excluding carboxylic acids is 1. The van der Waals surface area contributed by atoms with E-state index < -0.39 is 0 Å². The standard InChI is InChI=1S/C13H18N2O2S/c1-2-11-10(6-8-17-11)13(16)15(9-3-4-9)7-5-12(14)18/h6,8-9H,2-5,7H2,1H3,(H2,14,18). The van der Waals surface area contributed by atoms with Crippen molar-refractivity contribution in [3.8, 4) is 0 Å². The fraction of sp³-hybridized carbons (Fsp3) is 0.538. The number of hydrogen-bond acceptors (Lipinski definition) is 3. The number of furan rings is 1. The highest BCUT2D eigenvalue weighted by molar-refractivity contribution is 7.80. The van der Waals surface area contributed by atoms with Gasteiger partial charge in [-0.25, -0.2) is 0 Å². The van der Waals surface area contributed by atoms with Gasteiger partial charge in [0.1, 0.15) is 5.76 Å². The third-order valence-electron chi connectivity index (χ3n) is 3.14. The number of nitrogens with two attached hydrogens (primary N) is 1. The average molecular weight is 266 g/mol. The predicted octanol–water partition coefficient (Wildman–Crippen LogP) is 2.12. The summed E-state index contributed by atoms with van der Waals surface area (Å²) in [6, 6.07) is 2.10. The van der Waals surface area contributed by atoms with Gasteiger partial charge in [-0.15, -0.1) is 0 Å². The lowest BCUT2D eigenvalue weighted by atomic mass is 10.2. The van der Waals surface area contributed by atoms with Crippen LogP contribution in [0.15, 0.2) is 16.7 Å². The van der Waals surface area contributed by atoms with Crippen molar-refractivity contribution < 1.29 is 9.21 Å². The molecule has 1 aromatic rings. The van der Waals surface area contributed by atoms with Gasteiger partial charge in [0, 0.05) is 25.4 Å². The van der Waals surface area contributed by atoms with Crippen molar-refractivity contribution in [1.82, 2.24) is 4.90 Å². The van der Waals surface area contributed by atoms with Crippen LogP contribution < -0.4 is 5.73 Å². The van der Waals surface area contributed by atoms with Gasteiger partial charge in [-0.3, -0.25) is 4.79 Å². The summed E-state index contributed by atoms with van der Waals surface area (Å²) in [6.45, 7) is 2.58. The number of amides is 1. The van der Waals surface area contributed by atoms with E-state index in [0.29, 0.717) is 29.6 Å². The number of rotatable bonds is 6. The fourth-order valence-electron chi connectivity index (χ4n) is 2.03. The third-order valence-corrected chi connectivity index (χ3v) is 3.35. The van der Waals surface area contributed by atoms with Crippen LogP contribution >= 0.6 is 12.2 Å². The molecular weight excluding hydrogens is 248 g/mol. The molecule has 2 N–H and O–H groups in total. The van der Waals surface area contributed by atoms with Crippen LogP contribution in [0.4, 0.5) is 0 Å². The largest absolute Gasteiger partial charge is 0.469 e. The zero-order chi connectivity index (χ0) is 13.1. The summed E-state index contributed by atoms with van der Waals surface area (Å²) >= 11 is 4.88. The second-order valence-electron chi connectivity index (χ2n) is 4.56. The van der Waals surface area contributed by atoms with Crippen molar-refractivity contribution in [1.29, 1.82) is 0 Å². The summed E-state index contributed by atoms with van der Waals surface area (Å²) in [5.41, 5.74) is 6.18. The van der Waals surface area contributed by atoms with Gasteiger partial charge in [-0.1, -0.05) is 19.1 Å². The summed E-state index contributed by atoms with van der Waals surface area (Å²) in [6.07, 6.45) is 5.02. The highest BCUT2D eigenvalue weighted by Gasteiger charge is 2.33.